The first-order valence-corrected chi connectivity index (χ1v) is 8.29. The Balaban J connectivity index is 1.86. The zero-order valence-electron chi connectivity index (χ0n) is 14.9. The molecule has 1 aliphatic rings. The van der Waals surface area contributed by atoms with E-state index in [4.69, 9.17) is 15.5 Å². The number of aromatic nitrogens is 2. The molecule has 9 heteroatoms. The van der Waals surface area contributed by atoms with Crippen LogP contribution in [0, 0.1) is 22.6 Å². The number of nitriles is 1. The van der Waals surface area contributed by atoms with Crippen molar-refractivity contribution in [2.75, 3.05) is 7.05 Å². The zero-order chi connectivity index (χ0) is 20.1. The Bertz CT molecular complexity index is 998. The summed E-state index contributed by atoms with van der Waals surface area (Å²) in [6, 6.07) is 7.81. The molecule has 0 radical (unpaired) electrons. The maximum atomic E-state index is 13.9. The van der Waals surface area contributed by atoms with Gasteiger partial charge in [-0.15, -0.1) is 5.06 Å². The molecular weight excluding hydrogens is 363 g/mol. The average molecular weight is 380 g/mol. The number of likely N-dealkylation sites (N-methyl/N-ethyl adjacent to an activating group) is 1. The topological polar surface area (TPSA) is 118 Å². The number of hydroxylamine groups is 2. The Kier molecular flexibility index (Phi) is 5.62. The van der Waals surface area contributed by atoms with E-state index < -0.39 is 5.88 Å². The summed E-state index contributed by atoms with van der Waals surface area (Å²) < 4.78 is 13.9. The maximum absolute atomic E-state index is 13.9. The first-order chi connectivity index (χ1) is 13.5. The number of benzene rings is 1. The first-order valence-electron chi connectivity index (χ1n) is 8.29. The van der Waals surface area contributed by atoms with Gasteiger partial charge in [0.05, 0.1) is 6.20 Å². The molecule has 0 saturated heterocycles. The van der Waals surface area contributed by atoms with Crippen molar-refractivity contribution in [3.05, 3.63) is 77.3 Å². The molecule has 0 bridgehead atoms. The van der Waals surface area contributed by atoms with Gasteiger partial charge in [-0.3, -0.25) is 5.41 Å². The highest BCUT2D eigenvalue weighted by molar-refractivity contribution is 6.04. The van der Waals surface area contributed by atoms with Crippen LogP contribution in [0.5, 0.6) is 5.88 Å². The highest BCUT2D eigenvalue weighted by Crippen LogP contribution is 2.18. The minimum atomic E-state index is -0.493. The van der Waals surface area contributed by atoms with E-state index in [1.807, 2.05) is 0 Å². The standard InChI is InChI=1S/C19H17FN6O2/c1-26-17(6-7-28-26)16(23-10-12-4-2-3-5-14(12)20)8-15(22)18-24-11-13(9-21)19(27)25-18/h2-8,11,17,22-23H,10H2,1H3,(H,24,25,27)/b16-8-,22-15?. The molecule has 1 aromatic carbocycles. The van der Waals surface area contributed by atoms with Crippen molar-refractivity contribution in [3.8, 4) is 11.9 Å². The number of allylic oxidation sites excluding steroid dienone is 1. The van der Waals surface area contributed by atoms with Gasteiger partial charge in [0.1, 0.15) is 35.5 Å². The van der Waals surface area contributed by atoms with Gasteiger partial charge in [-0.25, -0.2) is 9.37 Å². The lowest BCUT2D eigenvalue weighted by molar-refractivity contribution is -0.0713. The van der Waals surface area contributed by atoms with Crippen LogP contribution < -0.4 is 5.32 Å². The van der Waals surface area contributed by atoms with E-state index in [1.165, 1.54) is 18.4 Å². The molecule has 3 rings (SSSR count). The third-order valence-corrected chi connectivity index (χ3v) is 4.07. The number of nitrogens with one attached hydrogen (secondary N) is 2. The van der Waals surface area contributed by atoms with Crippen molar-refractivity contribution >= 4 is 5.71 Å². The summed E-state index contributed by atoms with van der Waals surface area (Å²) in [5.41, 5.74) is 0.851. The van der Waals surface area contributed by atoms with Crippen molar-refractivity contribution in [2.24, 2.45) is 0 Å². The van der Waals surface area contributed by atoms with Crippen LogP contribution in [0.1, 0.15) is 17.0 Å². The summed E-state index contributed by atoms with van der Waals surface area (Å²) >= 11 is 0. The third kappa shape index (κ3) is 4.13. The Morgan fingerprint density at radius 3 is 2.93 bits per heavy atom. The molecule has 1 aliphatic heterocycles. The van der Waals surface area contributed by atoms with Crippen molar-refractivity contribution in [3.63, 3.8) is 0 Å². The second kappa shape index (κ2) is 8.28. The lowest BCUT2D eigenvalue weighted by atomic mass is 10.1. The number of rotatable bonds is 6. The fourth-order valence-corrected chi connectivity index (χ4v) is 2.57. The van der Waals surface area contributed by atoms with E-state index >= 15 is 0 Å². The highest BCUT2D eigenvalue weighted by atomic mass is 19.1. The molecule has 8 nitrogen and oxygen atoms in total. The van der Waals surface area contributed by atoms with E-state index in [2.05, 4.69) is 15.3 Å². The van der Waals surface area contributed by atoms with Gasteiger partial charge in [0.2, 0.25) is 5.88 Å². The summed E-state index contributed by atoms with van der Waals surface area (Å²) in [6.07, 6.45) is 5.90. The predicted octanol–water partition coefficient (Wildman–Crippen LogP) is 1.99. The van der Waals surface area contributed by atoms with Crippen LogP contribution in [0.4, 0.5) is 4.39 Å². The molecule has 1 atom stereocenters. The van der Waals surface area contributed by atoms with Gasteiger partial charge in [0, 0.05) is 24.9 Å². The van der Waals surface area contributed by atoms with Gasteiger partial charge in [0.15, 0.2) is 5.82 Å². The van der Waals surface area contributed by atoms with Crippen LogP contribution in [0.15, 0.2) is 54.6 Å². The molecule has 0 aliphatic carbocycles. The van der Waals surface area contributed by atoms with Crippen molar-refractivity contribution in [1.29, 1.82) is 10.7 Å². The average Bonchev–Trinajstić information content (AvgIpc) is 3.11. The summed E-state index contributed by atoms with van der Waals surface area (Å²) in [5, 5.41) is 31.5. The predicted molar refractivity (Wildman–Crippen MR) is 98.3 cm³/mol. The second-order valence-electron chi connectivity index (χ2n) is 5.93. The summed E-state index contributed by atoms with van der Waals surface area (Å²) in [6.45, 7) is 0.198. The van der Waals surface area contributed by atoms with Gasteiger partial charge in [-0.05, 0) is 18.2 Å². The van der Waals surface area contributed by atoms with Crippen LogP contribution >= 0.6 is 0 Å². The lowest BCUT2D eigenvalue weighted by Crippen LogP contribution is -2.33. The van der Waals surface area contributed by atoms with E-state index in [0.717, 1.165) is 6.20 Å². The molecule has 3 N–H and O–H groups in total. The van der Waals surface area contributed by atoms with Gasteiger partial charge < -0.3 is 15.3 Å². The molecule has 0 spiro atoms. The van der Waals surface area contributed by atoms with E-state index in [-0.39, 0.29) is 35.5 Å². The first kappa shape index (κ1) is 19.0. The van der Waals surface area contributed by atoms with E-state index in [9.17, 15) is 9.50 Å². The summed E-state index contributed by atoms with van der Waals surface area (Å²) in [5.74, 6) is -0.878. The molecule has 0 fully saturated rings. The molecule has 1 unspecified atom stereocenters. The fraction of sp³-hybridized carbons (Fsp3) is 0.158. The molecule has 0 saturated carbocycles. The quantitative estimate of drug-likeness (QED) is 0.656. The van der Waals surface area contributed by atoms with Crippen LogP contribution in [-0.4, -0.2) is 38.9 Å². The van der Waals surface area contributed by atoms with Gasteiger partial charge in [-0.1, -0.05) is 18.2 Å². The molecule has 142 valence electrons. The van der Waals surface area contributed by atoms with Crippen molar-refractivity contribution < 1.29 is 14.3 Å². The van der Waals surface area contributed by atoms with E-state index in [0.29, 0.717) is 11.3 Å². The summed E-state index contributed by atoms with van der Waals surface area (Å²) in [4.78, 5) is 13.0. The Hall–Kier alpha value is -3.77. The summed E-state index contributed by atoms with van der Waals surface area (Å²) in [7, 11) is 1.72. The number of hydrogen-bond donors (Lipinski definition) is 3. The van der Waals surface area contributed by atoms with Gasteiger partial charge >= 0.3 is 0 Å². The zero-order valence-corrected chi connectivity index (χ0v) is 14.9. The Labute approximate surface area is 160 Å². The van der Waals surface area contributed by atoms with Crippen LogP contribution in [0.2, 0.25) is 0 Å². The molecule has 2 heterocycles. The van der Waals surface area contributed by atoms with Gasteiger partial charge in [0.25, 0.3) is 0 Å². The number of aromatic hydroxyl groups is 1. The number of halogens is 1. The number of nitrogens with zero attached hydrogens (tertiary/aromatic N) is 4. The Morgan fingerprint density at radius 2 is 2.29 bits per heavy atom. The largest absolute Gasteiger partial charge is 0.492 e. The second-order valence-corrected chi connectivity index (χ2v) is 5.93. The monoisotopic (exact) mass is 380 g/mol. The fourth-order valence-electron chi connectivity index (χ4n) is 2.57. The van der Waals surface area contributed by atoms with Crippen LogP contribution in [0.3, 0.4) is 0 Å². The normalized spacial score (nSPS) is 16.5. The molecular formula is C19H17FN6O2. The molecule has 1 aromatic heterocycles. The van der Waals surface area contributed by atoms with Crippen LogP contribution in [0.25, 0.3) is 0 Å². The molecule has 28 heavy (non-hydrogen) atoms. The molecule has 2 aromatic rings. The highest BCUT2D eigenvalue weighted by Gasteiger charge is 2.23. The smallest absolute Gasteiger partial charge is 0.232 e. The Morgan fingerprint density at radius 1 is 1.50 bits per heavy atom. The SMILES string of the molecule is CN1OC=CC1/C(=C/C(=N)c1ncc(C#N)c(O)n1)NCc1ccccc1F. The third-order valence-electron chi connectivity index (χ3n) is 4.07. The van der Waals surface area contributed by atoms with E-state index in [1.54, 1.807) is 42.5 Å². The maximum Gasteiger partial charge on any atom is 0.232 e. The molecule has 0 amide bonds. The minimum Gasteiger partial charge on any atom is -0.492 e. The lowest BCUT2D eigenvalue weighted by Gasteiger charge is -2.22. The van der Waals surface area contributed by atoms with Crippen LogP contribution in [-0.2, 0) is 11.4 Å². The van der Waals surface area contributed by atoms with Crippen molar-refractivity contribution in [2.45, 2.75) is 12.6 Å². The minimum absolute atomic E-state index is 0.0489. The van der Waals surface area contributed by atoms with Crippen molar-refractivity contribution in [1.82, 2.24) is 20.3 Å². The van der Waals surface area contributed by atoms with Gasteiger partial charge in [-0.2, -0.15) is 10.2 Å². The number of hydrogen-bond acceptors (Lipinski definition) is 8.